The van der Waals surface area contributed by atoms with Crippen molar-refractivity contribution in [1.29, 1.82) is 0 Å². The molecule has 0 aliphatic carbocycles. The lowest BCUT2D eigenvalue weighted by Gasteiger charge is -2.53. The van der Waals surface area contributed by atoms with Gasteiger partial charge in [0.2, 0.25) is 0 Å². The van der Waals surface area contributed by atoms with E-state index in [1.54, 1.807) is 7.11 Å². The second-order valence-electron chi connectivity index (χ2n) is 7.13. The largest absolute Gasteiger partial charge is 0.388 e. The van der Waals surface area contributed by atoms with Gasteiger partial charge in [0.1, 0.15) is 7.85 Å². The molecular weight excluding hydrogens is 235 g/mol. The highest BCUT2D eigenvalue weighted by molar-refractivity contribution is 6.11. The van der Waals surface area contributed by atoms with Crippen molar-refractivity contribution in [1.82, 2.24) is 0 Å². The molecule has 0 bridgehead atoms. The van der Waals surface area contributed by atoms with Crippen LogP contribution in [0.4, 0.5) is 0 Å². The lowest BCUT2D eigenvalue weighted by Crippen LogP contribution is -2.55. The molecule has 1 aliphatic rings. The summed E-state index contributed by atoms with van der Waals surface area (Å²) in [5, 5.41) is 0. The van der Waals surface area contributed by atoms with Gasteiger partial charge in [-0.25, -0.2) is 0 Å². The number of ether oxygens (including phenoxy) is 2. The first-order valence-corrected chi connectivity index (χ1v) is 8.00. The zero-order valence-corrected chi connectivity index (χ0v) is 14.0. The average Bonchev–Trinajstić information content (AvgIpc) is 2.36. The normalized spacial score (nSPS) is 31.7. The average molecular weight is 268 g/mol. The number of methoxy groups -OCH3 is 1. The van der Waals surface area contributed by atoms with Crippen LogP contribution in [-0.2, 0) is 9.47 Å². The fourth-order valence-electron chi connectivity index (χ4n) is 4.22. The first kappa shape index (κ1) is 17.0. The van der Waals surface area contributed by atoms with Gasteiger partial charge >= 0.3 is 0 Å². The molecule has 2 nitrogen and oxygen atoms in total. The Labute approximate surface area is 121 Å². The Morgan fingerprint density at radius 1 is 1.26 bits per heavy atom. The lowest BCUT2D eigenvalue weighted by atomic mass is 9.57. The molecule has 4 atom stereocenters. The smallest absolute Gasteiger partial charge is 0.142 e. The maximum absolute atomic E-state index is 6.19. The molecule has 0 aromatic rings. The molecule has 3 heteroatoms. The summed E-state index contributed by atoms with van der Waals surface area (Å²) in [6.07, 6.45) is 3.97. The molecular formula is C16H33BO2. The molecule has 1 fully saturated rings. The summed E-state index contributed by atoms with van der Waals surface area (Å²) in [5.74, 6) is 2.05. The van der Waals surface area contributed by atoms with Crippen molar-refractivity contribution in [3.63, 3.8) is 0 Å². The molecule has 1 saturated heterocycles. The molecule has 0 radical (unpaired) electrons. The molecule has 0 aromatic heterocycles. The summed E-state index contributed by atoms with van der Waals surface area (Å²) in [6, 6.07) is 0.178. The van der Waals surface area contributed by atoms with Crippen LogP contribution in [0.1, 0.15) is 53.9 Å². The summed E-state index contributed by atoms with van der Waals surface area (Å²) >= 11 is 0. The molecule has 0 amide bonds. The number of hydrogen-bond acceptors (Lipinski definition) is 2. The maximum Gasteiger partial charge on any atom is 0.142 e. The van der Waals surface area contributed by atoms with Gasteiger partial charge in [0, 0.05) is 19.1 Å². The van der Waals surface area contributed by atoms with Gasteiger partial charge in [0.25, 0.3) is 0 Å². The molecule has 4 unspecified atom stereocenters. The van der Waals surface area contributed by atoms with Crippen LogP contribution in [0.25, 0.3) is 0 Å². The summed E-state index contributed by atoms with van der Waals surface area (Å²) < 4.78 is 11.8. The molecule has 19 heavy (non-hydrogen) atoms. The van der Waals surface area contributed by atoms with Gasteiger partial charge in [-0.05, 0) is 37.0 Å². The lowest BCUT2D eigenvalue weighted by molar-refractivity contribution is -0.167. The highest BCUT2D eigenvalue weighted by atomic mass is 16.5. The van der Waals surface area contributed by atoms with Gasteiger partial charge in [0.05, 0.1) is 12.1 Å². The quantitative estimate of drug-likeness (QED) is 0.689. The zero-order chi connectivity index (χ0) is 14.6. The van der Waals surface area contributed by atoms with Crippen LogP contribution in [-0.4, -0.2) is 33.7 Å². The van der Waals surface area contributed by atoms with Crippen LogP contribution in [0.2, 0.25) is 0 Å². The molecule has 1 heterocycles. The van der Waals surface area contributed by atoms with E-state index in [4.69, 9.17) is 9.47 Å². The molecule has 0 aromatic carbocycles. The SMILES string of the molecule is BC(OC)C1OCCCC1(C(C)C)C(C)CC(C)C. The van der Waals surface area contributed by atoms with E-state index in [0.717, 1.165) is 12.5 Å². The number of rotatable bonds is 6. The van der Waals surface area contributed by atoms with Crippen molar-refractivity contribution in [2.75, 3.05) is 13.7 Å². The van der Waals surface area contributed by atoms with Crippen molar-refractivity contribution in [2.24, 2.45) is 23.2 Å². The first-order valence-electron chi connectivity index (χ1n) is 8.00. The van der Waals surface area contributed by atoms with E-state index >= 15 is 0 Å². The highest BCUT2D eigenvalue weighted by Gasteiger charge is 2.50. The zero-order valence-electron chi connectivity index (χ0n) is 14.0. The summed E-state index contributed by atoms with van der Waals surface area (Å²) in [5.41, 5.74) is 0.262. The Kier molecular flexibility index (Phi) is 6.39. The predicted octanol–water partition coefficient (Wildman–Crippen LogP) is 3.10. The van der Waals surface area contributed by atoms with E-state index in [-0.39, 0.29) is 17.5 Å². The van der Waals surface area contributed by atoms with E-state index in [1.807, 2.05) is 0 Å². The van der Waals surface area contributed by atoms with Crippen molar-refractivity contribution in [3.8, 4) is 0 Å². The molecule has 0 saturated carbocycles. The van der Waals surface area contributed by atoms with Crippen LogP contribution in [0.15, 0.2) is 0 Å². The second-order valence-corrected chi connectivity index (χ2v) is 7.13. The minimum absolute atomic E-state index is 0.178. The van der Waals surface area contributed by atoms with Gasteiger partial charge in [-0.2, -0.15) is 0 Å². The van der Waals surface area contributed by atoms with Gasteiger partial charge in [-0.3, -0.25) is 0 Å². The van der Waals surface area contributed by atoms with Gasteiger partial charge in [-0.15, -0.1) is 0 Å². The number of hydrogen-bond donors (Lipinski definition) is 0. The van der Waals surface area contributed by atoms with Crippen LogP contribution >= 0.6 is 0 Å². The van der Waals surface area contributed by atoms with Crippen LogP contribution in [0, 0.1) is 23.2 Å². The molecule has 1 aliphatic heterocycles. The second kappa shape index (κ2) is 7.13. The first-order chi connectivity index (χ1) is 8.86. The maximum atomic E-state index is 6.19. The Hall–Kier alpha value is -0.0151. The summed E-state index contributed by atoms with van der Waals surface area (Å²) in [7, 11) is 3.97. The van der Waals surface area contributed by atoms with Crippen LogP contribution in [0.3, 0.4) is 0 Å². The Morgan fingerprint density at radius 3 is 2.37 bits per heavy atom. The van der Waals surface area contributed by atoms with E-state index in [9.17, 15) is 0 Å². The Morgan fingerprint density at radius 2 is 1.89 bits per heavy atom. The third kappa shape index (κ3) is 3.55. The minimum atomic E-state index is 0.178. The fourth-order valence-corrected chi connectivity index (χ4v) is 4.22. The molecule has 0 spiro atoms. The van der Waals surface area contributed by atoms with Gasteiger partial charge < -0.3 is 9.47 Å². The minimum Gasteiger partial charge on any atom is -0.388 e. The van der Waals surface area contributed by atoms with E-state index < -0.39 is 0 Å². The van der Waals surface area contributed by atoms with E-state index in [2.05, 4.69) is 42.5 Å². The van der Waals surface area contributed by atoms with Crippen molar-refractivity contribution in [2.45, 2.75) is 66.0 Å². The molecule has 1 rings (SSSR count). The molecule has 0 N–H and O–H groups in total. The topological polar surface area (TPSA) is 18.5 Å². The van der Waals surface area contributed by atoms with Crippen molar-refractivity contribution in [3.05, 3.63) is 0 Å². The Bertz CT molecular complexity index is 267. The van der Waals surface area contributed by atoms with Crippen LogP contribution < -0.4 is 0 Å². The van der Waals surface area contributed by atoms with Crippen molar-refractivity contribution >= 4 is 7.85 Å². The third-order valence-electron chi connectivity index (χ3n) is 5.20. The summed E-state index contributed by atoms with van der Waals surface area (Å²) in [4.78, 5) is 0. The monoisotopic (exact) mass is 268 g/mol. The van der Waals surface area contributed by atoms with E-state index in [1.165, 1.54) is 19.3 Å². The predicted molar refractivity (Wildman–Crippen MR) is 84.2 cm³/mol. The fraction of sp³-hybridized carbons (Fsp3) is 1.00. The van der Waals surface area contributed by atoms with E-state index in [0.29, 0.717) is 11.8 Å². The van der Waals surface area contributed by atoms with Crippen LogP contribution in [0.5, 0.6) is 0 Å². The molecule has 112 valence electrons. The van der Waals surface area contributed by atoms with Gasteiger partial charge in [0.15, 0.2) is 0 Å². The highest BCUT2D eigenvalue weighted by Crippen LogP contribution is 2.50. The van der Waals surface area contributed by atoms with Crippen molar-refractivity contribution < 1.29 is 9.47 Å². The standard InChI is InChI=1S/C16H33BO2/c1-11(2)10-13(5)16(12(3)4)8-7-9-19-14(16)15(17)18-6/h11-15H,7-10,17H2,1-6H3. The summed E-state index contributed by atoms with van der Waals surface area (Å²) in [6.45, 7) is 12.7. The Balaban J connectivity index is 3.04. The van der Waals surface area contributed by atoms with Gasteiger partial charge in [-0.1, -0.05) is 34.6 Å². The third-order valence-corrected chi connectivity index (χ3v) is 5.20.